The highest BCUT2D eigenvalue weighted by atomic mass is 35.5. The minimum atomic E-state index is -1.00. The second kappa shape index (κ2) is 22.2. The molecule has 6 aromatic heterocycles. The molecule has 0 spiro atoms. The van der Waals surface area contributed by atoms with Gasteiger partial charge in [-0.2, -0.15) is 5.26 Å². The highest BCUT2D eigenvalue weighted by Crippen LogP contribution is 2.22. The Balaban J connectivity index is 0.000000212. The maximum absolute atomic E-state index is 12.7. The number of anilines is 2. The molecule has 18 heteroatoms. The quantitative estimate of drug-likeness (QED) is 0.0835. The first-order chi connectivity index (χ1) is 32.6. The van der Waals surface area contributed by atoms with Crippen LogP contribution in [0, 0.1) is 25.2 Å². The monoisotopic (exact) mass is 937 g/mol. The summed E-state index contributed by atoms with van der Waals surface area (Å²) in [4.78, 5) is 62.6. The molecule has 0 aliphatic rings. The fraction of sp³-hybridized carbons (Fsp3) is 0.143. The summed E-state index contributed by atoms with van der Waals surface area (Å²) >= 11 is 12.1. The number of nitriles is 1. The van der Waals surface area contributed by atoms with E-state index in [0.717, 1.165) is 49.9 Å². The Morgan fingerprint density at radius 3 is 1.61 bits per heavy atom. The summed E-state index contributed by atoms with van der Waals surface area (Å²) in [7, 11) is -1.00. The molecule has 8 rings (SSSR count). The zero-order chi connectivity index (χ0) is 48.9. The van der Waals surface area contributed by atoms with Gasteiger partial charge < -0.3 is 27.8 Å². The Hall–Kier alpha value is -8.13. The molecule has 0 atom stereocenters. The van der Waals surface area contributed by atoms with E-state index in [4.69, 9.17) is 47.0 Å². The van der Waals surface area contributed by atoms with Crippen LogP contribution < -0.4 is 27.8 Å². The van der Waals surface area contributed by atoms with Crippen LogP contribution in [0.4, 0.5) is 16.0 Å². The zero-order valence-electron chi connectivity index (χ0n) is 37.1. The number of nitrogen functional groups attached to an aromatic ring is 2. The van der Waals surface area contributed by atoms with Crippen molar-refractivity contribution in [3.8, 4) is 6.07 Å². The predicted molar refractivity (Wildman–Crippen MR) is 257 cm³/mol. The van der Waals surface area contributed by atoms with Crippen molar-refractivity contribution in [2.45, 2.75) is 39.8 Å². The van der Waals surface area contributed by atoms with Crippen molar-refractivity contribution in [2.75, 3.05) is 18.6 Å². The molecule has 0 unspecified atom stereocenters. The molecule has 8 aromatic rings. The van der Waals surface area contributed by atoms with E-state index in [1.165, 1.54) is 0 Å². The minimum Gasteiger partial charge on any atom is -0.383 e. The predicted octanol–water partition coefficient (Wildman–Crippen LogP) is 7.74. The number of aromatic nitrogens is 6. The Morgan fingerprint density at radius 2 is 1.15 bits per heavy atom. The number of amides is 3. The first-order valence-corrected chi connectivity index (χ1v) is 21.0. The average Bonchev–Trinajstić information content (AvgIpc) is 3.31. The second-order valence-electron chi connectivity index (χ2n) is 15.0. The standard InChI is InChI=1S/C24H21ClN6O2.C24H19ClN6O.CH3F/c1-13-17(10-20(23(27)32)22(26)31-13)11-30-24(33)15-4-5-28-19(9-15)7-14-2-3-21-16(6-14)8-18(25)12-29-21;1-14-19(8-18(11-26)23(27)31-14)12-30-24(32)16-4-5-28-21(10-16)7-15-2-3-22-17(6-15)9-20(25)13-29-22;1-2/h2-6,8-10,12H,7,11H2,1H3,(H2,26,31)(H2,27,32)(H,30,33);2-6,8-10,13H,7,12H2,1H3,(H2,27,31)(H,30,32);1H3/i;;1D. The van der Waals surface area contributed by atoms with Crippen LogP contribution in [0.2, 0.25) is 10.0 Å². The van der Waals surface area contributed by atoms with Crippen molar-refractivity contribution < 1.29 is 20.1 Å². The van der Waals surface area contributed by atoms with Gasteiger partial charge in [0.05, 0.1) is 40.7 Å². The van der Waals surface area contributed by atoms with E-state index in [1.54, 1.807) is 75.0 Å². The van der Waals surface area contributed by atoms with Gasteiger partial charge in [-0.1, -0.05) is 35.3 Å². The molecular formula is C49H43Cl2FN12O3. The molecule has 338 valence electrons. The smallest absolute Gasteiger partial charge is 0.252 e. The van der Waals surface area contributed by atoms with E-state index in [9.17, 15) is 18.8 Å². The van der Waals surface area contributed by atoms with Crippen LogP contribution in [-0.2, 0) is 25.9 Å². The van der Waals surface area contributed by atoms with Crippen molar-refractivity contribution in [1.29, 1.82) is 5.26 Å². The maximum Gasteiger partial charge on any atom is 0.252 e. The molecule has 0 aliphatic heterocycles. The molecule has 0 saturated heterocycles. The number of rotatable bonds is 11. The number of primary amides is 1. The van der Waals surface area contributed by atoms with Crippen LogP contribution in [0.1, 0.15) is 83.0 Å². The van der Waals surface area contributed by atoms with Gasteiger partial charge in [0.2, 0.25) is 0 Å². The molecule has 0 aliphatic carbocycles. The van der Waals surface area contributed by atoms with Crippen molar-refractivity contribution >= 4 is 74.4 Å². The van der Waals surface area contributed by atoms with E-state index in [-0.39, 0.29) is 47.7 Å². The van der Waals surface area contributed by atoms with Crippen LogP contribution in [0.5, 0.6) is 0 Å². The van der Waals surface area contributed by atoms with Crippen LogP contribution in [0.15, 0.2) is 110 Å². The molecule has 15 nitrogen and oxygen atoms in total. The number of nitrogens with zero attached hydrogens (tertiary/aromatic N) is 7. The van der Waals surface area contributed by atoms with Crippen molar-refractivity contribution in [2.24, 2.45) is 5.73 Å². The topological polar surface area (TPSA) is 254 Å². The van der Waals surface area contributed by atoms with Crippen molar-refractivity contribution in [3.05, 3.63) is 187 Å². The number of benzene rings is 2. The molecule has 0 saturated carbocycles. The summed E-state index contributed by atoms with van der Waals surface area (Å²) in [5.41, 5.74) is 26.2. The number of nitrogens with two attached hydrogens (primary N) is 3. The molecule has 2 aromatic carbocycles. The van der Waals surface area contributed by atoms with Gasteiger partial charge in [-0.15, -0.1) is 0 Å². The highest BCUT2D eigenvalue weighted by molar-refractivity contribution is 6.31. The fourth-order valence-corrected chi connectivity index (χ4v) is 7.24. The Kier molecular flexibility index (Phi) is 15.5. The molecule has 0 radical (unpaired) electrons. The van der Waals surface area contributed by atoms with E-state index < -0.39 is 13.1 Å². The van der Waals surface area contributed by atoms with E-state index in [1.807, 2.05) is 54.6 Å². The first kappa shape index (κ1) is 46.9. The van der Waals surface area contributed by atoms with Gasteiger partial charge in [0.15, 0.2) is 0 Å². The van der Waals surface area contributed by atoms with Crippen LogP contribution in [0.25, 0.3) is 21.8 Å². The summed E-state index contributed by atoms with van der Waals surface area (Å²) in [6.07, 6.45) is 7.57. The SMILES string of the molecule is Cc1nc(N)c(C#N)cc1CNC(=O)c1ccnc(Cc2ccc3ncc(Cl)cc3c2)c1.Cc1nc(N)c(C(N)=O)cc1CNC(=O)c1ccnc(Cc2ccc3ncc(Cl)cc3c2)c1.[2H]CF. The van der Waals surface area contributed by atoms with Gasteiger partial charge in [0, 0.05) is 95.4 Å². The first-order valence-electron chi connectivity index (χ1n) is 21.0. The second-order valence-corrected chi connectivity index (χ2v) is 15.8. The van der Waals surface area contributed by atoms with Crippen molar-refractivity contribution in [3.63, 3.8) is 0 Å². The minimum absolute atomic E-state index is 0.0700. The van der Waals surface area contributed by atoms with Gasteiger partial charge in [0.25, 0.3) is 17.7 Å². The lowest BCUT2D eigenvalue weighted by molar-refractivity contribution is 0.0942. The number of carbonyl (C=O) groups is 3. The highest BCUT2D eigenvalue weighted by Gasteiger charge is 2.15. The number of hydrogen-bond acceptors (Lipinski definition) is 12. The molecule has 0 bridgehead atoms. The summed E-state index contributed by atoms with van der Waals surface area (Å²) in [5, 5.41) is 17.9. The van der Waals surface area contributed by atoms with Gasteiger partial charge in [-0.3, -0.25) is 38.7 Å². The van der Waals surface area contributed by atoms with Crippen LogP contribution in [-0.4, -0.2) is 54.8 Å². The summed E-state index contributed by atoms with van der Waals surface area (Å²) in [6, 6.07) is 27.6. The Bertz CT molecular complexity index is 3230. The van der Waals surface area contributed by atoms with Gasteiger partial charge >= 0.3 is 0 Å². The van der Waals surface area contributed by atoms with E-state index in [2.05, 4.69) is 40.5 Å². The van der Waals surface area contributed by atoms with E-state index in [0.29, 0.717) is 51.0 Å². The third kappa shape index (κ3) is 12.6. The largest absolute Gasteiger partial charge is 0.383 e. The van der Waals surface area contributed by atoms with E-state index >= 15 is 0 Å². The van der Waals surface area contributed by atoms with Gasteiger partial charge in [0.1, 0.15) is 17.7 Å². The number of fused-ring (bicyclic) bond motifs is 2. The zero-order valence-corrected chi connectivity index (χ0v) is 37.7. The molecule has 6 heterocycles. The maximum atomic E-state index is 12.7. The third-order valence-electron chi connectivity index (χ3n) is 10.3. The normalized spacial score (nSPS) is 10.7. The third-order valence-corrected chi connectivity index (χ3v) is 10.7. The van der Waals surface area contributed by atoms with Gasteiger partial charge in [-0.05, 0) is 109 Å². The lowest BCUT2D eigenvalue weighted by Gasteiger charge is -2.11. The molecule has 67 heavy (non-hydrogen) atoms. The fourth-order valence-electron chi connectivity index (χ4n) is 6.91. The molecular weight excluding hydrogens is 895 g/mol. The molecule has 0 fully saturated rings. The number of pyridine rings is 6. The lowest BCUT2D eigenvalue weighted by atomic mass is 10.0. The average molecular weight is 939 g/mol. The Labute approximate surface area is 396 Å². The van der Waals surface area contributed by atoms with Crippen molar-refractivity contribution in [1.82, 2.24) is 40.5 Å². The lowest BCUT2D eigenvalue weighted by Crippen LogP contribution is -2.24. The summed E-state index contributed by atoms with van der Waals surface area (Å²) in [5.74, 6) is -0.924. The molecule has 8 N–H and O–H groups in total. The van der Waals surface area contributed by atoms with Crippen LogP contribution >= 0.6 is 23.2 Å². The Morgan fingerprint density at radius 1 is 0.687 bits per heavy atom. The van der Waals surface area contributed by atoms with Gasteiger partial charge in [-0.25, -0.2) is 9.97 Å². The van der Waals surface area contributed by atoms with Crippen LogP contribution in [0.3, 0.4) is 0 Å². The molecule has 3 amide bonds. The summed E-state index contributed by atoms with van der Waals surface area (Å²) < 4.78 is 15.5. The number of aryl methyl sites for hydroxylation is 2. The number of alkyl halides is 1. The number of nitrogens with one attached hydrogen (secondary N) is 2. The number of hydrogen-bond donors (Lipinski definition) is 5. The summed E-state index contributed by atoms with van der Waals surface area (Å²) in [6.45, 7) is 3.95. The number of carbonyl (C=O) groups excluding carboxylic acids is 3. The number of halogens is 3.